The van der Waals surface area contributed by atoms with Crippen molar-refractivity contribution in [3.05, 3.63) is 82.0 Å². The highest BCUT2D eigenvalue weighted by atomic mass is 32.2. The van der Waals surface area contributed by atoms with E-state index in [0.717, 1.165) is 28.2 Å². The first kappa shape index (κ1) is 20.0. The van der Waals surface area contributed by atoms with Gasteiger partial charge in [-0.3, -0.25) is 9.69 Å². The largest absolute Gasteiger partial charge is 0.508 e. The molecule has 1 aromatic heterocycles. The molecule has 0 aliphatic carbocycles. The van der Waals surface area contributed by atoms with Crippen LogP contribution in [0, 0.1) is 20.8 Å². The third kappa shape index (κ3) is 3.78. The highest BCUT2D eigenvalue weighted by Gasteiger charge is 2.31. The number of likely N-dealkylation sites (N-methyl/N-ethyl adjacent to an activating group) is 1. The molecule has 6 heteroatoms. The molecule has 152 valence electrons. The minimum Gasteiger partial charge on any atom is -0.508 e. The van der Waals surface area contributed by atoms with Crippen molar-refractivity contribution in [3.8, 4) is 11.4 Å². The van der Waals surface area contributed by atoms with Gasteiger partial charge in [-0.1, -0.05) is 17.7 Å². The fraction of sp³-hybridized carbons (Fsp3) is 0.167. The van der Waals surface area contributed by atoms with Gasteiger partial charge >= 0.3 is 0 Å². The highest BCUT2D eigenvalue weighted by Crippen LogP contribution is 2.35. The molecule has 1 N–H and O–H groups in total. The standard InChI is InChI=1S/C24H23N3O2S/c1-15-12-16(2)22(17(3)13-15)25-24-26(4)23(29)21(30-24)14-19-6-5-11-27(19)18-7-9-20(28)10-8-18/h5-14,28H,1-4H3/b21-14-,25-24?. The summed E-state index contributed by atoms with van der Waals surface area (Å²) in [5, 5.41) is 10.2. The van der Waals surface area contributed by atoms with E-state index in [9.17, 15) is 9.90 Å². The van der Waals surface area contributed by atoms with Crippen LogP contribution in [0.4, 0.5) is 5.69 Å². The number of amidine groups is 1. The van der Waals surface area contributed by atoms with E-state index in [-0.39, 0.29) is 11.7 Å². The maximum Gasteiger partial charge on any atom is 0.266 e. The van der Waals surface area contributed by atoms with Crippen LogP contribution >= 0.6 is 11.8 Å². The van der Waals surface area contributed by atoms with Crippen LogP contribution in [0.5, 0.6) is 5.75 Å². The van der Waals surface area contributed by atoms with E-state index in [4.69, 9.17) is 4.99 Å². The molecule has 0 spiro atoms. The van der Waals surface area contributed by atoms with Crippen molar-refractivity contribution >= 4 is 34.6 Å². The molecule has 0 bridgehead atoms. The molecule has 1 aliphatic heterocycles. The number of nitrogens with zero attached hydrogens (tertiary/aromatic N) is 3. The van der Waals surface area contributed by atoms with Gasteiger partial charge in [0.15, 0.2) is 5.17 Å². The van der Waals surface area contributed by atoms with E-state index in [1.54, 1.807) is 24.1 Å². The van der Waals surface area contributed by atoms with Gasteiger partial charge in [0.1, 0.15) is 5.75 Å². The van der Waals surface area contributed by atoms with Crippen LogP contribution in [0.15, 0.2) is 64.6 Å². The zero-order valence-corrected chi connectivity index (χ0v) is 18.2. The van der Waals surface area contributed by atoms with Gasteiger partial charge in [0, 0.05) is 24.6 Å². The number of hydrogen-bond acceptors (Lipinski definition) is 4. The summed E-state index contributed by atoms with van der Waals surface area (Å²) in [6, 6.07) is 15.1. The summed E-state index contributed by atoms with van der Waals surface area (Å²) in [7, 11) is 1.76. The number of hydrogen-bond donors (Lipinski definition) is 1. The number of benzene rings is 2. The Hall–Kier alpha value is -3.25. The zero-order valence-electron chi connectivity index (χ0n) is 17.4. The Balaban J connectivity index is 1.68. The van der Waals surface area contributed by atoms with E-state index in [1.165, 1.54) is 17.3 Å². The molecular formula is C24H23N3O2S. The number of rotatable bonds is 3. The van der Waals surface area contributed by atoms with Crippen LogP contribution in [-0.4, -0.2) is 32.7 Å². The molecule has 0 radical (unpaired) electrons. The Morgan fingerprint density at radius 3 is 2.37 bits per heavy atom. The van der Waals surface area contributed by atoms with Gasteiger partial charge in [-0.2, -0.15) is 0 Å². The molecule has 1 aliphatic rings. The second-order valence-corrected chi connectivity index (χ2v) is 8.45. The number of carbonyl (C=O) groups is 1. The maximum atomic E-state index is 12.9. The number of phenols is 1. The second-order valence-electron chi connectivity index (χ2n) is 7.44. The van der Waals surface area contributed by atoms with Crippen LogP contribution in [0.1, 0.15) is 22.4 Å². The van der Waals surface area contributed by atoms with Crippen LogP contribution < -0.4 is 0 Å². The quantitative estimate of drug-likeness (QED) is 0.585. The summed E-state index contributed by atoms with van der Waals surface area (Å²) in [6.45, 7) is 6.16. The van der Waals surface area contributed by atoms with Gasteiger partial charge < -0.3 is 9.67 Å². The monoisotopic (exact) mass is 417 g/mol. The first-order chi connectivity index (χ1) is 14.3. The third-order valence-corrected chi connectivity index (χ3v) is 6.09. The minimum absolute atomic E-state index is 0.0698. The topological polar surface area (TPSA) is 57.8 Å². The number of aromatic hydroxyl groups is 1. The molecule has 30 heavy (non-hydrogen) atoms. The van der Waals surface area contributed by atoms with Gasteiger partial charge in [0.25, 0.3) is 5.91 Å². The van der Waals surface area contributed by atoms with Gasteiger partial charge in [0.2, 0.25) is 0 Å². The van der Waals surface area contributed by atoms with Crippen LogP contribution in [-0.2, 0) is 4.79 Å². The van der Waals surface area contributed by atoms with E-state index in [2.05, 4.69) is 19.1 Å². The number of aromatic nitrogens is 1. The van der Waals surface area contributed by atoms with Gasteiger partial charge in [-0.05, 0) is 86.1 Å². The number of carbonyl (C=O) groups excluding carboxylic acids is 1. The molecule has 1 amide bonds. The molecule has 4 rings (SSSR count). The number of phenolic OH excluding ortho intramolecular Hbond substituents is 1. The molecule has 2 heterocycles. The lowest BCUT2D eigenvalue weighted by atomic mass is 10.1. The normalized spacial score (nSPS) is 16.8. The molecule has 1 fully saturated rings. The number of amides is 1. The maximum absolute atomic E-state index is 12.9. The average Bonchev–Trinajstić information content (AvgIpc) is 3.26. The van der Waals surface area contributed by atoms with Gasteiger partial charge in [0.05, 0.1) is 10.6 Å². The molecule has 0 atom stereocenters. The van der Waals surface area contributed by atoms with Gasteiger partial charge in [-0.25, -0.2) is 4.99 Å². The number of aryl methyl sites for hydroxylation is 3. The Kier molecular flexibility index (Phi) is 5.26. The lowest BCUT2D eigenvalue weighted by molar-refractivity contribution is -0.121. The lowest BCUT2D eigenvalue weighted by Gasteiger charge is -2.11. The Bertz CT molecular complexity index is 1170. The molecule has 3 aromatic rings. The molecule has 0 saturated carbocycles. The van der Waals surface area contributed by atoms with Crippen molar-refractivity contribution in [2.45, 2.75) is 20.8 Å². The Morgan fingerprint density at radius 1 is 1.03 bits per heavy atom. The summed E-state index contributed by atoms with van der Waals surface area (Å²) in [5.74, 6) is 0.149. The summed E-state index contributed by atoms with van der Waals surface area (Å²) < 4.78 is 1.98. The van der Waals surface area contributed by atoms with Crippen molar-refractivity contribution in [1.82, 2.24) is 9.47 Å². The summed E-state index contributed by atoms with van der Waals surface area (Å²) in [4.78, 5) is 19.9. The smallest absolute Gasteiger partial charge is 0.266 e. The summed E-state index contributed by atoms with van der Waals surface area (Å²) in [5.41, 5.74) is 6.10. The lowest BCUT2D eigenvalue weighted by Crippen LogP contribution is -2.23. The van der Waals surface area contributed by atoms with Crippen molar-refractivity contribution < 1.29 is 9.90 Å². The predicted octanol–water partition coefficient (Wildman–Crippen LogP) is 5.34. The van der Waals surface area contributed by atoms with Crippen LogP contribution in [0.2, 0.25) is 0 Å². The van der Waals surface area contributed by atoms with E-state index < -0.39 is 0 Å². The average molecular weight is 418 g/mol. The van der Waals surface area contributed by atoms with Crippen LogP contribution in [0.3, 0.4) is 0 Å². The van der Waals surface area contributed by atoms with Crippen LogP contribution in [0.25, 0.3) is 11.8 Å². The molecule has 1 saturated heterocycles. The predicted molar refractivity (Wildman–Crippen MR) is 124 cm³/mol. The van der Waals surface area contributed by atoms with Crippen molar-refractivity contribution in [2.75, 3.05) is 7.05 Å². The fourth-order valence-corrected chi connectivity index (χ4v) is 4.55. The Morgan fingerprint density at radius 2 is 1.70 bits per heavy atom. The van der Waals surface area contributed by atoms with Gasteiger partial charge in [-0.15, -0.1) is 0 Å². The third-order valence-electron chi connectivity index (χ3n) is 5.03. The van der Waals surface area contributed by atoms with Crippen molar-refractivity contribution in [1.29, 1.82) is 0 Å². The summed E-state index contributed by atoms with van der Waals surface area (Å²) in [6.07, 6.45) is 3.81. The molecular weight excluding hydrogens is 394 g/mol. The molecule has 2 aromatic carbocycles. The number of aliphatic imine (C=N–C) groups is 1. The van der Waals surface area contributed by atoms with E-state index in [0.29, 0.717) is 10.1 Å². The number of thioether (sulfide) groups is 1. The van der Waals surface area contributed by atoms with Crippen molar-refractivity contribution in [2.24, 2.45) is 4.99 Å². The first-order valence-corrected chi connectivity index (χ1v) is 10.5. The highest BCUT2D eigenvalue weighted by molar-refractivity contribution is 8.18. The summed E-state index contributed by atoms with van der Waals surface area (Å²) >= 11 is 1.38. The fourth-order valence-electron chi connectivity index (χ4n) is 3.59. The second kappa shape index (κ2) is 7.88. The van der Waals surface area contributed by atoms with Crippen molar-refractivity contribution in [3.63, 3.8) is 0 Å². The Labute approximate surface area is 180 Å². The molecule has 5 nitrogen and oxygen atoms in total. The first-order valence-electron chi connectivity index (χ1n) is 9.64. The molecule has 0 unspecified atom stereocenters. The SMILES string of the molecule is Cc1cc(C)c(N=C2S/C(=C\c3cccn3-c3ccc(O)cc3)C(=O)N2C)c(C)c1. The van der Waals surface area contributed by atoms with E-state index in [1.807, 2.05) is 55.0 Å². The zero-order chi connectivity index (χ0) is 21.4. The van der Waals surface area contributed by atoms with E-state index >= 15 is 0 Å². The minimum atomic E-state index is -0.0698.